The van der Waals surface area contributed by atoms with Crippen molar-refractivity contribution >= 4 is 52.5 Å². The van der Waals surface area contributed by atoms with Gasteiger partial charge in [-0.05, 0) is 48.6 Å². The number of para-hydroxylation sites is 1. The molecule has 0 radical (unpaired) electrons. The van der Waals surface area contributed by atoms with Crippen molar-refractivity contribution in [3.05, 3.63) is 71.6 Å². The second-order valence-corrected chi connectivity index (χ2v) is 11.3. The van der Waals surface area contributed by atoms with Gasteiger partial charge in [0.25, 0.3) is 11.8 Å². The molecule has 37 heavy (non-hydrogen) atoms. The van der Waals surface area contributed by atoms with Gasteiger partial charge in [0.2, 0.25) is 11.8 Å². The maximum Gasteiger partial charge on any atom is 0.253 e. The molecule has 3 fully saturated rings. The Kier molecular flexibility index (Phi) is 5.14. The van der Waals surface area contributed by atoms with Gasteiger partial charge in [-0.15, -0.1) is 23.2 Å². The Morgan fingerprint density at radius 2 is 1.68 bits per heavy atom. The van der Waals surface area contributed by atoms with Crippen LogP contribution in [0.4, 0.5) is 10.1 Å². The molecular weight excluding hydrogens is 522 g/mol. The normalized spacial score (nSPS) is 34.9. The van der Waals surface area contributed by atoms with Crippen molar-refractivity contribution in [2.24, 2.45) is 17.8 Å². The summed E-state index contributed by atoms with van der Waals surface area (Å²) < 4.78 is 14.5. The van der Waals surface area contributed by atoms with Crippen LogP contribution in [0.5, 0.6) is 5.75 Å². The number of aromatic hydroxyl groups is 1. The van der Waals surface area contributed by atoms with E-state index >= 15 is 0 Å². The summed E-state index contributed by atoms with van der Waals surface area (Å²) in [6.07, 6.45) is 1.85. The quantitative estimate of drug-likeness (QED) is 0.354. The van der Waals surface area contributed by atoms with Gasteiger partial charge < -0.3 is 5.11 Å². The third kappa shape index (κ3) is 2.94. The fraction of sp³-hybridized carbons (Fsp3) is 0.333. The van der Waals surface area contributed by atoms with Crippen molar-refractivity contribution in [3.8, 4) is 5.75 Å². The summed E-state index contributed by atoms with van der Waals surface area (Å²) in [6, 6.07) is 12.2. The predicted octanol–water partition coefficient (Wildman–Crippen LogP) is 3.72. The summed E-state index contributed by atoms with van der Waals surface area (Å²) in [5.41, 5.74) is 1.24. The number of hydrogen-bond acceptors (Lipinski definition) is 5. The number of nitrogens with zero attached hydrogens (tertiary/aromatic N) is 2. The monoisotopic (exact) mass is 542 g/mol. The standard InChI is InChI=1S/C27H21Cl2FN2O5/c1-31-24(36)26(28)12-17-15(21(27(26,29)25(31)37)13-7-10-19(33)18(30)11-13)8-9-16-20(17)23(35)32(22(16)34)14-5-3-2-4-6-14/h2-8,10-11,16-17,20-21,33H,9,12H2,1H3/t16-,17+,20-,21-,26+,27-/m0/s1. The Labute approximate surface area is 221 Å². The van der Waals surface area contributed by atoms with Crippen LogP contribution in [0.3, 0.4) is 0 Å². The minimum atomic E-state index is -2.00. The highest BCUT2D eigenvalue weighted by Crippen LogP contribution is 2.65. The van der Waals surface area contributed by atoms with E-state index in [0.717, 1.165) is 17.0 Å². The van der Waals surface area contributed by atoms with E-state index in [-0.39, 0.29) is 24.3 Å². The Hall–Kier alpha value is -3.23. The average Bonchev–Trinajstić information content (AvgIpc) is 3.21. The number of imide groups is 2. The molecule has 1 saturated carbocycles. The molecule has 0 spiro atoms. The molecule has 2 aliphatic heterocycles. The molecule has 4 aliphatic rings. The second kappa shape index (κ2) is 7.88. The van der Waals surface area contributed by atoms with Crippen molar-refractivity contribution in [3.63, 3.8) is 0 Å². The summed E-state index contributed by atoms with van der Waals surface area (Å²) in [6.45, 7) is 0. The van der Waals surface area contributed by atoms with E-state index in [1.807, 2.05) is 0 Å². The lowest BCUT2D eigenvalue weighted by Gasteiger charge is -2.50. The maximum absolute atomic E-state index is 14.5. The lowest BCUT2D eigenvalue weighted by atomic mass is 9.56. The lowest BCUT2D eigenvalue weighted by Crippen LogP contribution is -2.60. The predicted molar refractivity (Wildman–Crippen MR) is 132 cm³/mol. The molecule has 2 aromatic rings. The van der Waals surface area contributed by atoms with Crippen LogP contribution in [0, 0.1) is 23.6 Å². The molecule has 7 nitrogen and oxygen atoms in total. The molecule has 2 aliphatic carbocycles. The summed E-state index contributed by atoms with van der Waals surface area (Å²) in [5, 5.41) is 9.77. The van der Waals surface area contributed by atoms with E-state index in [4.69, 9.17) is 23.2 Å². The first kappa shape index (κ1) is 24.1. The number of carbonyl (C=O) groups excluding carboxylic acids is 4. The molecule has 2 aromatic carbocycles. The number of amides is 4. The van der Waals surface area contributed by atoms with Gasteiger partial charge in [0, 0.05) is 13.0 Å². The molecule has 0 bridgehead atoms. The number of carbonyl (C=O) groups is 4. The molecule has 2 saturated heterocycles. The Morgan fingerprint density at radius 1 is 0.973 bits per heavy atom. The molecule has 4 amide bonds. The number of alkyl halides is 2. The van der Waals surface area contributed by atoms with Crippen LogP contribution in [0.15, 0.2) is 60.2 Å². The zero-order valence-electron chi connectivity index (χ0n) is 19.5. The van der Waals surface area contributed by atoms with Crippen molar-refractivity contribution in [2.75, 3.05) is 11.9 Å². The number of likely N-dealkylation sites (tertiary alicyclic amines) is 1. The second-order valence-electron chi connectivity index (χ2n) is 10.1. The van der Waals surface area contributed by atoms with Crippen LogP contribution < -0.4 is 4.90 Å². The van der Waals surface area contributed by atoms with Crippen LogP contribution in [-0.2, 0) is 19.2 Å². The van der Waals surface area contributed by atoms with Crippen LogP contribution in [0.2, 0.25) is 0 Å². The summed E-state index contributed by atoms with van der Waals surface area (Å²) in [5.74, 6) is -6.99. The highest BCUT2D eigenvalue weighted by molar-refractivity contribution is 6.53. The van der Waals surface area contributed by atoms with E-state index in [1.165, 1.54) is 18.0 Å². The van der Waals surface area contributed by atoms with Crippen LogP contribution in [0.25, 0.3) is 0 Å². The highest BCUT2D eigenvalue weighted by atomic mass is 35.5. The lowest BCUT2D eigenvalue weighted by molar-refractivity contribution is -0.138. The highest BCUT2D eigenvalue weighted by Gasteiger charge is 2.75. The SMILES string of the molecule is CN1C(=O)[C@]2(Cl)C[C@@H]3C(=CC[C@@H]4C(=O)N(c5ccccc5)C(=O)[C@@H]43)[C@H](c3ccc(O)c(F)c3)[C@]2(Cl)C1=O. The van der Waals surface area contributed by atoms with Gasteiger partial charge in [0.1, 0.15) is 0 Å². The topological polar surface area (TPSA) is 95.0 Å². The van der Waals surface area contributed by atoms with Crippen molar-refractivity contribution < 1.29 is 28.7 Å². The minimum absolute atomic E-state index is 0.140. The Balaban J connectivity index is 1.53. The number of anilines is 1. The molecule has 0 aromatic heterocycles. The Morgan fingerprint density at radius 3 is 2.35 bits per heavy atom. The van der Waals surface area contributed by atoms with Crippen molar-refractivity contribution in [2.45, 2.75) is 28.5 Å². The van der Waals surface area contributed by atoms with E-state index < -0.39 is 62.7 Å². The third-order valence-corrected chi connectivity index (χ3v) is 9.75. The van der Waals surface area contributed by atoms with E-state index in [1.54, 1.807) is 36.4 Å². The number of benzene rings is 2. The third-order valence-electron chi connectivity index (χ3n) is 8.33. The number of rotatable bonds is 2. The fourth-order valence-corrected chi connectivity index (χ4v) is 7.67. The number of halogens is 3. The number of fused-ring (bicyclic) bond motifs is 4. The van der Waals surface area contributed by atoms with Gasteiger partial charge in [0.05, 0.1) is 17.5 Å². The number of hydrogen-bond donors (Lipinski definition) is 1. The van der Waals surface area contributed by atoms with Crippen molar-refractivity contribution in [1.29, 1.82) is 0 Å². The Bertz CT molecular complexity index is 1430. The number of phenolic OH excluding ortho intramolecular Hbond substituents is 1. The smallest absolute Gasteiger partial charge is 0.253 e. The molecule has 2 heterocycles. The molecule has 190 valence electrons. The van der Waals surface area contributed by atoms with Gasteiger partial charge in [-0.2, -0.15) is 0 Å². The van der Waals surface area contributed by atoms with Crippen LogP contribution in [-0.4, -0.2) is 50.4 Å². The van der Waals surface area contributed by atoms with Gasteiger partial charge in [0.15, 0.2) is 21.3 Å². The first-order valence-corrected chi connectivity index (χ1v) is 12.6. The molecule has 6 atom stereocenters. The molecule has 0 unspecified atom stereocenters. The van der Waals surface area contributed by atoms with Gasteiger partial charge in [-0.1, -0.05) is 35.9 Å². The van der Waals surface area contributed by atoms with E-state index in [0.29, 0.717) is 11.3 Å². The van der Waals surface area contributed by atoms with Crippen LogP contribution in [0.1, 0.15) is 24.3 Å². The molecule has 10 heteroatoms. The fourth-order valence-electron chi connectivity index (χ4n) is 6.65. The van der Waals surface area contributed by atoms with Crippen LogP contribution >= 0.6 is 23.2 Å². The summed E-state index contributed by atoms with van der Waals surface area (Å²) in [7, 11) is 1.29. The van der Waals surface area contributed by atoms with E-state index in [2.05, 4.69) is 0 Å². The zero-order chi connectivity index (χ0) is 26.4. The van der Waals surface area contributed by atoms with Crippen molar-refractivity contribution in [1.82, 2.24) is 4.90 Å². The van der Waals surface area contributed by atoms with E-state index in [9.17, 15) is 28.7 Å². The largest absolute Gasteiger partial charge is 0.505 e. The minimum Gasteiger partial charge on any atom is -0.505 e. The first-order chi connectivity index (χ1) is 17.5. The molecular formula is C27H21Cl2FN2O5. The zero-order valence-corrected chi connectivity index (χ0v) is 21.0. The van der Waals surface area contributed by atoms with Gasteiger partial charge in [-0.3, -0.25) is 29.0 Å². The number of phenols is 1. The maximum atomic E-state index is 14.5. The average molecular weight is 543 g/mol. The molecule has 1 N–H and O–H groups in total. The molecule has 6 rings (SSSR count). The van der Waals surface area contributed by atoms with Gasteiger partial charge in [-0.25, -0.2) is 4.39 Å². The van der Waals surface area contributed by atoms with Gasteiger partial charge >= 0.3 is 0 Å². The number of allylic oxidation sites excluding steroid dienone is 2. The summed E-state index contributed by atoms with van der Waals surface area (Å²) in [4.78, 5) is 52.1. The summed E-state index contributed by atoms with van der Waals surface area (Å²) >= 11 is 14.1. The first-order valence-electron chi connectivity index (χ1n) is 11.8.